The minimum atomic E-state index is -1.04. The van der Waals surface area contributed by atoms with Gasteiger partial charge in [-0.05, 0) is 30.5 Å². The number of aliphatic carboxylic acids is 1. The fourth-order valence-electron chi connectivity index (χ4n) is 2.44. The van der Waals surface area contributed by atoms with E-state index >= 15 is 0 Å². The Labute approximate surface area is 144 Å². The van der Waals surface area contributed by atoms with E-state index in [1.807, 2.05) is 0 Å². The Morgan fingerprint density at radius 1 is 1.30 bits per heavy atom. The zero-order valence-electron chi connectivity index (χ0n) is 12.4. The number of rotatable bonds is 5. The van der Waals surface area contributed by atoms with Crippen molar-refractivity contribution in [2.45, 2.75) is 18.9 Å². The predicted molar refractivity (Wildman–Crippen MR) is 88.7 cm³/mol. The molecule has 0 saturated carbocycles. The standard InChI is InChI=1S/C16H17Cl2NO4/c17-13-3-1-2-11(16(13)18)4-5-14(20)19(10-15(21)22)12-6-8-23-9-7-12/h1-5,12H,6-10H2,(H,21,22). The maximum Gasteiger partial charge on any atom is 0.323 e. The van der Waals surface area contributed by atoms with Crippen LogP contribution in [0.4, 0.5) is 0 Å². The molecule has 1 fully saturated rings. The summed E-state index contributed by atoms with van der Waals surface area (Å²) in [6.07, 6.45) is 4.14. The van der Waals surface area contributed by atoms with Crippen molar-refractivity contribution in [3.63, 3.8) is 0 Å². The fraction of sp³-hybridized carbons (Fsp3) is 0.375. The van der Waals surface area contributed by atoms with Crippen LogP contribution in [0, 0.1) is 0 Å². The van der Waals surface area contributed by atoms with Crippen molar-refractivity contribution < 1.29 is 19.4 Å². The van der Waals surface area contributed by atoms with Gasteiger partial charge in [-0.25, -0.2) is 0 Å². The molecule has 0 radical (unpaired) electrons. The summed E-state index contributed by atoms with van der Waals surface area (Å²) in [6.45, 7) is 0.715. The average Bonchev–Trinajstić information content (AvgIpc) is 2.54. The van der Waals surface area contributed by atoms with Gasteiger partial charge in [0.1, 0.15) is 6.54 Å². The largest absolute Gasteiger partial charge is 0.480 e. The van der Waals surface area contributed by atoms with Crippen molar-refractivity contribution in [1.82, 2.24) is 4.90 Å². The molecular formula is C16H17Cl2NO4. The molecule has 0 bridgehead atoms. The number of hydrogen-bond acceptors (Lipinski definition) is 3. The Bertz CT molecular complexity index is 612. The lowest BCUT2D eigenvalue weighted by atomic mass is 10.1. The Morgan fingerprint density at radius 2 is 2.00 bits per heavy atom. The number of carbonyl (C=O) groups excluding carboxylic acids is 1. The normalized spacial score (nSPS) is 15.7. The highest BCUT2D eigenvalue weighted by molar-refractivity contribution is 6.42. The number of amides is 1. The number of carbonyl (C=O) groups is 2. The number of carboxylic acids is 1. The van der Waals surface area contributed by atoms with E-state index in [4.69, 9.17) is 33.0 Å². The monoisotopic (exact) mass is 357 g/mol. The van der Waals surface area contributed by atoms with Gasteiger partial charge in [0.05, 0.1) is 10.0 Å². The number of carboxylic acid groups (broad SMARTS) is 1. The van der Waals surface area contributed by atoms with Gasteiger partial charge in [-0.1, -0.05) is 35.3 Å². The molecule has 1 aliphatic rings. The zero-order chi connectivity index (χ0) is 16.8. The van der Waals surface area contributed by atoms with Crippen LogP contribution in [-0.2, 0) is 14.3 Å². The molecule has 1 N–H and O–H groups in total. The van der Waals surface area contributed by atoms with Crippen molar-refractivity contribution in [3.05, 3.63) is 39.9 Å². The average molecular weight is 358 g/mol. The van der Waals surface area contributed by atoms with Gasteiger partial charge in [-0.3, -0.25) is 9.59 Å². The second-order valence-corrected chi connectivity index (χ2v) is 5.96. The minimum absolute atomic E-state index is 0.133. The van der Waals surface area contributed by atoms with E-state index in [-0.39, 0.29) is 18.5 Å². The van der Waals surface area contributed by atoms with Crippen LogP contribution in [0.15, 0.2) is 24.3 Å². The van der Waals surface area contributed by atoms with Crippen LogP contribution in [0.5, 0.6) is 0 Å². The van der Waals surface area contributed by atoms with Crippen molar-refractivity contribution in [1.29, 1.82) is 0 Å². The maximum absolute atomic E-state index is 12.4. The number of halogens is 2. The minimum Gasteiger partial charge on any atom is -0.480 e. The Morgan fingerprint density at radius 3 is 2.65 bits per heavy atom. The van der Waals surface area contributed by atoms with E-state index in [2.05, 4.69) is 0 Å². The van der Waals surface area contributed by atoms with Crippen LogP contribution in [-0.4, -0.2) is 47.7 Å². The lowest BCUT2D eigenvalue weighted by molar-refractivity contribution is -0.145. The second-order valence-electron chi connectivity index (χ2n) is 5.18. The molecular weight excluding hydrogens is 341 g/mol. The first-order valence-corrected chi connectivity index (χ1v) is 7.97. The molecule has 0 atom stereocenters. The van der Waals surface area contributed by atoms with Gasteiger partial charge in [-0.15, -0.1) is 0 Å². The molecule has 1 aromatic rings. The van der Waals surface area contributed by atoms with Gasteiger partial charge in [-0.2, -0.15) is 0 Å². The Hall–Kier alpha value is -1.56. The number of nitrogens with zero attached hydrogens (tertiary/aromatic N) is 1. The first kappa shape index (κ1) is 17.8. The molecule has 1 aliphatic heterocycles. The highest BCUT2D eigenvalue weighted by Crippen LogP contribution is 2.26. The highest BCUT2D eigenvalue weighted by atomic mass is 35.5. The summed E-state index contributed by atoms with van der Waals surface area (Å²) < 4.78 is 5.26. The molecule has 7 heteroatoms. The molecule has 1 aromatic carbocycles. The Kier molecular flexibility index (Phi) is 6.45. The first-order chi connectivity index (χ1) is 11.0. The smallest absolute Gasteiger partial charge is 0.323 e. The lowest BCUT2D eigenvalue weighted by Crippen LogP contribution is -2.45. The van der Waals surface area contributed by atoms with Crippen LogP contribution in [0.3, 0.4) is 0 Å². The fourth-order valence-corrected chi connectivity index (χ4v) is 2.81. The van der Waals surface area contributed by atoms with E-state index in [1.165, 1.54) is 11.0 Å². The van der Waals surface area contributed by atoms with Crippen molar-refractivity contribution in [3.8, 4) is 0 Å². The van der Waals surface area contributed by atoms with E-state index in [9.17, 15) is 9.59 Å². The molecule has 5 nitrogen and oxygen atoms in total. The van der Waals surface area contributed by atoms with Crippen molar-refractivity contribution >= 4 is 41.2 Å². The molecule has 0 unspecified atom stereocenters. The van der Waals surface area contributed by atoms with Gasteiger partial charge < -0.3 is 14.7 Å². The van der Waals surface area contributed by atoms with E-state index in [0.29, 0.717) is 41.7 Å². The third-order valence-electron chi connectivity index (χ3n) is 3.61. The number of ether oxygens (including phenoxy) is 1. The van der Waals surface area contributed by atoms with Crippen LogP contribution in [0.1, 0.15) is 18.4 Å². The van der Waals surface area contributed by atoms with Crippen molar-refractivity contribution in [2.24, 2.45) is 0 Å². The molecule has 2 rings (SSSR count). The molecule has 23 heavy (non-hydrogen) atoms. The second kappa shape index (κ2) is 8.34. The molecule has 1 heterocycles. The maximum atomic E-state index is 12.4. The molecule has 0 aromatic heterocycles. The molecule has 0 aliphatic carbocycles. The van der Waals surface area contributed by atoms with E-state index in [0.717, 1.165) is 0 Å². The quantitative estimate of drug-likeness (QED) is 0.822. The molecule has 1 amide bonds. The molecule has 1 saturated heterocycles. The van der Waals surface area contributed by atoms with Gasteiger partial charge in [0, 0.05) is 25.3 Å². The summed E-state index contributed by atoms with van der Waals surface area (Å²) in [5, 5.41) is 9.79. The first-order valence-electron chi connectivity index (χ1n) is 7.21. The summed E-state index contributed by atoms with van der Waals surface area (Å²) in [5.74, 6) is -1.41. The van der Waals surface area contributed by atoms with Gasteiger partial charge >= 0.3 is 5.97 Å². The zero-order valence-corrected chi connectivity index (χ0v) is 13.9. The van der Waals surface area contributed by atoms with Crippen LogP contribution in [0.25, 0.3) is 6.08 Å². The van der Waals surface area contributed by atoms with Gasteiger partial charge in [0.25, 0.3) is 0 Å². The van der Waals surface area contributed by atoms with Gasteiger partial charge in [0.15, 0.2) is 0 Å². The third-order valence-corrected chi connectivity index (χ3v) is 4.44. The van der Waals surface area contributed by atoms with Crippen LogP contribution >= 0.6 is 23.2 Å². The van der Waals surface area contributed by atoms with Crippen molar-refractivity contribution in [2.75, 3.05) is 19.8 Å². The van der Waals surface area contributed by atoms with E-state index < -0.39 is 5.97 Å². The van der Waals surface area contributed by atoms with E-state index in [1.54, 1.807) is 24.3 Å². The predicted octanol–water partition coefficient (Wildman–Crippen LogP) is 3.10. The van der Waals surface area contributed by atoms with Gasteiger partial charge in [0.2, 0.25) is 5.91 Å². The topological polar surface area (TPSA) is 66.8 Å². The van der Waals surface area contributed by atoms with Crippen LogP contribution < -0.4 is 0 Å². The lowest BCUT2D eigenvalue weighted by Gasteiger charge is -2.32. The Balaban J connectivity index is 2.14. The number of hydrogen-bond donors (Lipinski definition) is 1. The SMILES string of the molecule is O=C(O)CN(C(=O)C=Cc1cccc(Cl)c1Cl)C1CCOCC1. The summed E-state index contributed by atoms with van der Waals surface area (Å²) in [7, 11) is 0. The summed E-state index contributed by atoms with van der Waals surface area (Å²) in [6, 6.07) is 4.98. The molecule has 0 spiro atoms. The molecule has 124 valence electrons. The van der Waals surface area contributed by atoms with Crippen LogP contribution in [0.2, 0.25) is 10.0 Å². The highest BCUT2D eigenvalue weighted by Gasteiger charge is 2.26. The summed E-state index contributed by atoms with van der Waals surface area (Å²) in [4.78, 5) is 24.8. The summed E-state index contributed by atoms with van der Waals surface area (Å²) in [5.41, 5.74) is 0.606. The summed E-state index contributed by atoms with van der Waals surface area (Å²) >= 11 is 12.0. The third kappa shape index (κ3) is 4.96. The number of benzene rings is 1.